The molecule has 0 radical (unpaired) electrons. The van der Waals surface area contributed by atoms with Crippen molar-refractivity contribution < 1.29 is 9.59 Å². The highest BCUT2D eigenvalue weighted by atomic mass is 32.1. The molecule has 6 heteroatoms. The third-order valence-corrected chi connectivity index (χ3v) is 6.28. The van der Waals surface area contributed by atoms with E-state index >= 15 is 0 Å². The maximum absolute atomic E-state index is 11.9. The van der Waals surface area contributed by atoms with Crippen LogP contribution in [0.1, 0.15) is 33.1 Å². The van der Waals surface area contributed by atoms with Gasteiger partial charge in [0.05, 0.1) is 8.07 Å². The van der Waals surface area contributed by atoms with E-state index in [4.69, 9.17) is 0 Å². The Labute approximate surface area is 123 Å². The fourth-order valence-corrected chi connectivity index (χ4v) is 4.12. The lowest BCUT2D eigenvalue weighted by molar-refractivity contribution is -0.127. The number of carbonyl (C=O) groups is 2. The van der Waals surface area contributed by atoms with Gasteiger partial charge in [-0.25, -0.2) is 0 Å². The first-order valence-electron chi connectivity index (χ1n) is 6.98. The number of hydrogen-bond donors (Lipinski definition) is 3. The molecule has 1 atom stereocenters. The minimum atomic E-state index is -1.37. The van der Waals surface area contributed by atoms with Crippen molar-refractivity contribution in [2.75, 3.05) is 11.9 Å². The van der Waals surface area contributed by atoms with Crippen molar-refractivity contribution in [3.8, 4) is 0 Å². The van der Waals surface area contributed by atoms with Crippen LogP contribution in [0, 0.1) is 0 Å². The molecule has 0 aliphatic rings. The largest absolute Gasteiger partial charge is 0.357 e. The third-order valence-electron chi connectivity index (χ3n) is 3.07. The molecule has 0 aromatic heterocycles. The Bertz CT molecular complexity index is 298. The van der Waals surface area contributed by atoms with Gasteiger partial charge in [-0.3, -0.25) is 9.59 Å². The van der Waals surface area contributed by atoms with Crippen LogP contribution in [0.4, 0.5) is 0 Å². The lowest BCUT2D eigenvalue weighted by Gasteiger charge is -2.24. The molecule has 0 aliphatic carbocycles. The molecule has 0 heterocycles. The van der Waals surface area contributed by atoms with Crippen molar-refractivity contribution in [2.24, 2.45) is 0 Å². The highest BCUT2D eigenvalue weighted by Crippen LogP contribution is 2.13. The zero-order chi connectivity index (χ0) is 14.9. The van der Waals surface area contributed by atoms with Gasteiger partial charge < -0.3 is 10.6 Å². The molecule has 0 saturated carbocycles. The molecule has 2 N–H and O–H groups in total. The molecular formula is C13H28N2O2SSi. The minimum absolute atomic E-state index is 0.124. The predicted molar refractivity (Wildman–Crippen MR) is 86.3 cm³/mol. The summed E-state index contributed by atoms with van der Waals surface area (Å²) in [7, 11) is -1.37. The second-order valence-electron chi connectivity index (χ2n) is 5.77. The average molecular weight is 305 g/mol. The summed E-state index contributed by atoms with van der Waals surface area (Å²) in [5.41, 5.74) is 0. The smallest absolute Gasteiger partial charge is 0.243 e. The van der Waals surface area contributed by atoms with Gasteiger partial charge in [-0.15, -0.1) is 0 Å². The Morgan fingerprint density at radius 3 is 2.37 bits per heavy atom. The number of amides is 2. The molecule has 0 unspecified atom stereocenters. The van der Waals surface area contributed by atoms with E-state index < -0.39 is 14.1 Å². The van der Waals surface area contributed by atoms with Crippen molar-refractivity contribution in [3.63, 3.8) is 0 Å². The first-order valence-corrected chi connectivity index (χ1v) is 11.0. The van der Waals surface area contributed by atoms with Gasteiger partial charge in [0.25, 0.3) is 0 Å². The van der Waals surface area contributed by atoms with E-state index in [0.29, 0.717) is 5.75 Å². The lowest BCUT2D eigenvalue weighted by Crippen LogP contribution is -2.51. The van der Waals surface area contributed by atoms with Gasteiger partial charge in [0.2, 0.25) is 11.8 Å². The first-order chi connectivity index (χ1) is 8.82. The van der Waals surface area contributed by atoms with Crippen LogP contribution in [0.15, 0.2) is 0 Å². The monoisotopic (exact) mass is 304 g/mol. The molecule has 0 saturated heterocycles. The highest BCUT2D eigenvalue weighted by molar-refractivity contribution is 7.80. The number of unbranched alkanes of at least 4 members (excludes halogenated alkanes) is 2. The minimum Gasteiger partial charge on any atom is -0.357 e. The van der Waals surface area contributed by atoms with Crippen LogP contribution in [-0.2, 0) is 9.59 Å². The Kier molecular flexibility index (Phi) is 9.17. The molecule has 0 aromatic carbocycles. The molecule has 0 aromatic rings. The van der Waals surface area contributed by atoms with Gasteiger partial charge >= 0.3 is 0 Å². The number of carbonyl (C=O) groups excluding carboxylic acids is 2. The SMILES string of the molecule is CCCCC[Si](C)(C)CNC(=O)[C@H](CS)NC(C)=O. The first kappa shape index (κ1) is 18.5. The molecular weight excluding hydrogens is 276 g/mol. The summed E-state index contributed by atoms with van der Waals surface area (Å²) in [4.78, 5) is 22.9. The summed E-state index contributed by atoms with van der Waals surface area (Å²) in [5, 5.41) is 5.57. The van der Waals surface area contributed by atoms with Crippen LogP contribution in [0.25, 0.3) is 0 Å². The highest BCUT2D eigenvalue weighted by Gasteiger charge is 2.23. The Morgan fingerprint density at radius 1 is 1.26 bits per heavy atom. The van der Waals surface area contributed by atoms with Gasteiger partial charge in [-0.2, -0.15) is 12.6 Å². The quantitative estimate of drug-likeness (QED) is 0.346. The van der Waals surface area contributed by atoms with E-state index in [1.165, 1.54) is 32.2 Å². The predicted octanol–water partition coefficient (Wildman–Crippen LogP) is 1.97. The molecule has 2 amide bonds. The van der Waals surface area contributed by atoms with E-state index in [0.717, 1.165) is 6.17 Å². The molecule has 4 nitrogen and oxygen atoms in total. The molecule has 0 rings (SSSR count). The van der Waals surface area contributed by atoms with E-state index in [2.05, 4.69) is 43.3 Å². The maximum Gasteiger partial charge on any atom is 0.243 e. The van der Waals surface area contributed by atoms with Crippen LogP contribution in [0.2, 0.25) is 19.1 Å². The number of thiol groups is 1. The summed E-state index contributed by atoms with van der Waals surface area (Å²) in [5.74, 6) is -0.00150. The third kappa shape index (κ3) is 9.10. The number of hydrogen-bond acceptors (Lipinski definition) is 3. The zero-order valence-electron chi connectivity index (χ0n) is 12.6. The molecule has 0 spiro atoms. The molecule has 19 heavy (non-hydrogen) atoms. The summed E-state index contributed by atoms with van der Waals surface area (Å²) in [6, 6.07) is 0.702. The summed E-state index contributed by atoms with van der Waals surface area (Å²) in [6.07, 6.45) is 4.49. The topological polar surface area (TPSA) is 58.2 Å². The summed E-state index contributed by atoms with van der Waals surface area (Å²) in [6.45, 7) is 8.18. The van der Waals surface area contributed by atoms with Crippen molar-refractivity contribution >= 4 is 32.5 Å². The standard InChI is InChI=1S/C13H28N2O2SSi/c1-5-6-7-8-19(3,4)10-14-13(17)12(9-18)15-11(2)16/h12,18H,5-10H2,1-4H3,(H,14,17)(H,15,16)/t12-/m0/s1. The van der Waals surface area contributed by atoms with Crippen molar-refractivity contribution in [2.45, 2.75) is 58.3 Å². The zero-order valence-corrected chi connectivity index (χ0v) is 14.5. The van der Waals surface area contributed by atoms with Gasteiger partial charge in [0, 0.05) is 18.8 Å². The van der Waals surface area contributed by atoms with Crippen molar-refractivity contribution in [1.82, 2.24) is 10.6 Å². The second kappa shape index (κ2) is 9.42. The van der Waals surface area contributed by atoms with Gasteiger partial charge in [-0.05, 0) is 0 Å². The molecule has 0 aliphatic heterocycles. The van der Waals surface area contributed by atoms with Gasteiger partial charge in [0.1, 0.15) is 6.04 Å². The number of nitrogens with one attached hydrogen (secondary N) is 2. The molecule has 0 bridgehead atoms. The van der Waals surface area contributed by atoms with E-state index in [-0.39, 0.29) is 11.8 Å². The van der Waals surface area contributed by atoms with Crippen LogP contribution in [0.3, 0.4) is 0 Å². The van der Waals surface area contributed by atoms with Crippen molar-refractivity contribution in [3.05, 3.63) is 0 Å². The lowest BCUT2D eigenvalue weighted by atomic mass is 10.3. The van der Waals surface area contributed by atoms with Crippen molar-refractivity contribution in [1.29, 1.82) is 0 Å². The Hall–Kier alpha value is -0.493. The average Bonchev–Trinajstić information content (AvgIpc) is 2.33. The van der Waals surface area contributed by atoms with Gasteiger partial charge in [0.15, 0.2) is 0 Å². The molecule has 0 fully saturated rings. The van der Waals surface area contributed by atoms with Crippen LogP contribution in [0.5, 0.6) is 0 Å². The van der Waals surface area contributed by atoms with Crippen LogP contribution >= 0.6 is 12.6 Å². The van der Waals surface area contributed by atoms with Crippen LogP contribution < -0.4 is 10.6 Å². The van der Waals surface area contributed by atoms with Crippen LogP contribution in [-0.4, -0.2) is 37.9 Å². The Morgan fingerprint density at radius 2 is 1.89 bits per heavy atom. The van der Waals surface area contributed by atoms with E-state index in [1.807, 2.05) is 0 Å². The normalized spacial score (nSPS) is 12.9. The maximum atomic E-state index is 11.9. The summed E-state index contributed by atoms with van der Waals surface area (Å²) >= 11 is 4.10. The number of rotatable bonds is 9. The fraction of sp³-hybridized carbons (Fsp3) is 0.846. The fourth-order valence-electron chi connectivity index (χ4n) is 1.83. The second-order valence-corrected chi connectivity index (χ2v) is 11.3. The van der Waals surface area contributed by atoms with E-state index in [1.54, 1.807) is 0 Å². The van der Waals surface area contributed by atoms with Gasteiger partial charge in [-0.1, -0.05) is 45.3 Å². The molecule has 112 valence electrons. The summed E-state index contributed by atoms with van der Waals surface area (Å²) < 4.78 is 0. The van der Waals surface area contributed by atoms with E-state index in [9.17, 15) is 9.59 Å². The Balaban J connectivity index is 4.14.